The van der Waals surface area contributed by atoms with Gasteiger partial charge in [-0.15, -0.1) is 5.92 Å². The average Bonchev–Trinajstić information content (AvgIpc) is 3.00. The lowest BCUT2D eigenvalue weighted by Crippen LogP contribution is -2.41. The topological polar surface area (TPSA) is 119 Å². The van der Waals surface area contributed by atoms with Crippen molar-refractivity contribution >= 4 is 28.7 Å². The first-order valence-electron chi connectivity index (χ1n) is 6.53. The summed E-state index contributed by atoms with van der Waals surface area (Å²) in [6.07, 6.45) is 0.0239. The van der Waals surface area contributed by atoms with Crippen molar-refractivity contribution in [1.29, 1.82) is 0 Å². The number of fused-ring (bicyclic) bond motifs is 1. The molecule has 9 heteroatoms. The number of halogens is 1. The summed E-state index contributed by atoms with van der Waals surface area (Å²) in [4.78, 5) is 10.7. The fraction of sp³-hybridized carbons (Fsp3) is 0.462. The molecule has 0 bridgehead atoms. The Balaban J connectivity index is 2.14. The summed E-state index contributed by atoms with van der Waals surface area (Å²) in [6, 6.07) is 0. The van der Waals surface area contributed by atoms with Gasteiger partial charge in [0.15, 0.2) is 16.7 Å². The molecule has 4 N–H and O–H groups in total. The second-order valence-corrected chi connectivity index (χ2v) is 5.51. The van der Waals surface area contributed by atoms with Crippen LogP contribution in [0.25, 0.3) is 11.2 Å². The first-order valence-corrected chi connectivity index (χ1v) is 6.91. The highest BCUT2D eigenvalue weighted by molar-refractivity contribution is 6.27. The van der Waals surface area contributed by atoms with Crippen molar-refractivity contribution in [3.05, 3.63) is 12.5 Å². The Bertz CT molecular complexity index is 770. The molecule has 4 atom stereocenters. The molecule has 1 saturated heterocycles. The maximum Gasteiger partial charge on any atom is 0.222 e. The van der Waals surface area contributed by atoms with Crippen molar-refractivity contribution in [3.8, 4) is 11.8 Å². The van der Waals surface area contributed by atoms with E-state index in [4.69, 9.17) is 22.1 Å². The van der Waals surface area contributed by atoms with E-state index in [0.717, 1.165) is 0 Å². The minimum atomic E-state index is -1.44. The molecule has 116 valence electrons. The number of aliphatic hydroxyl groups excluding tert-OH is 2. The SMILES string of the molecule is CC#CC1(Cl)C(O)[C@@H](CO)O[C@H]1n1cnc2cnc(N)nc21. The normalized spacial score (nSPS) is 31.2. The van der Waals surface area contributed by atoms with Crippen molar-refractivity contribution in [3.63, 3.8) is 0 Å². The lowest BCUT2D eigenvalue weighted by atomic mass is 9.99. The van der Waals surface area contributed by atoms with Gasteiger partial charge in [-0.2, -0.15) is 4.98 Å². The fourth-order valence-corrected chi connectivity index (χ4v) is 2.90. The smallest absolute Gasteiger partial charge is 0.222 e. The predicted octanol–water partition coefficient (Wildman–Crippen LogP) is -0.340. The summed E-state index contributed by atoms with van der Waals surface area (Å²) in [7, 11) is 0. The van der Waals surface area contributed by atoms with Crippen molar-refractivity contribution in [2.45, 2.75) is 30.2 Å². The van der Waals surface area contributed by atoms with E-state index in [-0.39, 0.29) is 12.6 Å². The molecule has 22 heavy (non-hydrogen) atoms. The number of nitrogens with zero attached hydrogens (tertiary/aromatic N) is 4. The first kappa shape index (κ1) is 15.0. The van der Waals surface area contributed by atoms with Crippen LogP contribution in [0.3, 0.4) is 0 Å². The van der Waals surface area contributed by atoms with Crippen LogP contribution in [0.1, 0.15) is 13.2 Å². The molecule has 3 heterocycles. The highest BCUT2D eigenvalue weighted by Gasteiger charge is 2.55. The molecular formula is C13H14ClN5O3. The van der Waals surface area contributed by atoms with Crippen LogP contribution in [0.15, 0.2) is 12.5 Å². The zero-order chi connectivity index (χ0) is 15.9. The van der Waals surface area contributed by atoms with Crippen molar-refractivity contribution in [1.82, 2.24) is 19.5 Å². The van der Waals surface area contributed by atoms with E-state index in [2.05, 4.69) is 26.8 Å². The largest absolute Gasteiger partial charge is 0.394 e. The number of rotatable bonds is 2. The number of hydrogen-bond donors (Lipinski definition) is 3. The van der Waals surface area contributed by atoms with E-state index >= 15 is 0 Å². The molecule has 0 spiro atoms. The predicted molar refractivity (Wildman–Crippen MR) is 78.8 cm³/mol. The quantitative estimate of drug-likeness (QED) is 0.511. The zero-order valence-electron chi connectivity index (χ0n) is 11.6. The van der Waals surface area contributed by atoms with Gasteiger partial charge in [0.2, 0.25) is 5.95 Å². The Morgan fingerprint density at radius 3 is 3.00 bits per heavy atom. The minimum absolute atomic E-state index is 0.0771. The number of nitrogens with two attached hydrogens (primary N) is 1. The summed E-state index contributed by atoms with van der Waals surface area (Å²) < 4.78 is 7.20. The third-order valence-electron chi connectivity index (χ3n) is 3.53. The van der Waals surface area contributed by atoms with Crippen molar-refractivity contribution in [2.24, 2.45) is 0 Å². The van der Waals surface area contributed by atoms with Gasteiger partial charge >= 0.3 is 0 Å². The van der Waals surface area contributed by atoms with Gasteiger partial charge in [0.05, 0.1) is 19.1 Å². The molecule has 0 radical (unpaired) electrons. The van der Waals surface area contributed by atoms with E-state index in [9.17, 15) is 10.2 Å². The second-order valence-electron chi connectivity index (χ2n) is 4.89. The van der Waals surface area contributed by atoms with Crippen molar-refractivity contribution in [2.75, 3.05) is 12.3 Å². The lowest BCUT2D eigenvalue weighted by molar-refractivity contribution is -0.0436. The molecule has 2 unspecified atom stereocenters. The first-order chi connectivity index (χ1) is 10.5. The molecule has 2 aromatic rings. The Morgan fingerprint density at radius 1 is 1.55 bits per heavy atom. The average molecular weight is 324 g/mol. The number of nitrogen functional groups attached to an aromatic ring is 1. The van der Waals surface area contributed by atoms with Crippen LogP contribution in [0.2, 0.25) is 0 Å². The summed E-state index contributed by atoms with van der Waals surface area (Å²) >= 11 is 6.51. The summed E-state index contributed by atoms with van der Waals surface area (Å²) in [5.74, 6) is 5.52. The Hall–Kier alpha value is -1.92. The molecule has 2 aromatic heterocycles. The molecule has 1 fully saturated rings. The van der Waals surface area contributed by atoms with Crippen LogP contribution < -0.4 is 5.73 Å². The van der Waals surface area contributed by atoms with E-state index < -0.39 is 23.3 Å². The molecular weight excluding hydrogens is 310 g/mol. The number of aromatic nitrogens is 4. The van der Waals surface area contributed by atoms with Gasteiger partial charge in [-0.3, -0.25) is 4.57 Å². The van der Waals surface area contributed by atoms with Crippen LogP contribution >= 0.6 is 11.6 Å². The van der Waals surface area contributed by atoms with Crippen LogP contribution in [0.4, 0.5) is 5.95 Å². The zero-order valence-corrected chi connectivity index (χ0v) is 12.4. The number of ether oxygens (including phenoxy) is 1. The fourth-order valence-electron chi connectivity index (χ4n) is 2.51. The van der Waals surface area contributed by atoms with Gasteiger partial charge in [-0.05, 0) is 6.92 Å². The van der Waals surface area contributed by atoms with E-state index in [1.807, 2.05) is 0 Å². The third kappa shape index (κ3) is 2.10. The standard InChI is InChI=1S/C13H14ClN5O3/c1-2-3-13(14)9(21)8(5-20)22-11(13)19-6-17-7-4-16-12(15)18-10(7)19/h4,6,8-9,11,20-21H,5H2,1H3,(H2,15,16,18)/t8-,9?,11-,13?/m1/s1. The van der Waals surface area contributed by atoms with Gasteiger partial charge in [0.1, 0.15) is 17.7 Å². The number of anilines is 1. The van der Waals surface area contributed by atoms with E-state index in [0.29, 0.717) is 11.2 Å². The minimum Gasteiger partial charge on any atom is -0.394 e. The maximum absolute atomic E-state index is 10.3. The molecule has 0 amide bonds. The van der Waals surface area contributed by atoms with E-state index in [1.54, 1.807) is 6.92 Å². The van der Waals surface area contributed by atoms with E-state index in [1.165, 1.54) is 17.1 Å². The molecule has 1 aliphatic rings. The molecule has 1 aliphatic heterocycles. The number of aliphatic hydroxyl groups is 2. The third-order valence-corrected chi connectivity index (χ3v) is 4.03. The highest BCUT2D eigenvalue weighted by atomic mass is 35.5. The lowest BCUT2D eigenvalue weighted by Gasteiger charge is -2.25. The molecule has 8 nitrogen and oxygen atoms in total. The molecule has 0 aliphatic carbocycles. The Kier molecular flexibility index (Phi) is 3.66. The number of alkyl halides is 1. The van der Waals surface area contributed by atoms with Gasteiger partial charge < -0.3 is 20.7 Å². The summed E-state index contributed by atoms with van der Waals surface area (Å²) in [5.41, 5.74) is 6.51. The molecule has 0 aromatic carbocycles. The van der Waals surface area contributed by atoms with Gasteiger partial charge in [0.25, 0.3) is 0 Å². The van der Waals surface area contributed by atoms with Crippen LogP contribution in [-0.4, -0.2) is 53.4 Å². The highest BCUT2D eigenvalue weighted by Crippen LogP contribution is 2.44. The van der Waals surface area contributed by atoms with Crippen LogP contribution in [0, 0.1) is 11.8 Å². The van der Waals surface area contributed by atoms with Crippen molar-refractivity contribution < 1.29 is 14.9 Å². The maximum atomic E-state index is 10.3. The number of hydrogen-bond acceptors (Lipinski definition) is 7. The van der Waals surface area contributed by atoms with Gasteiger partial charge in [0, 0.05) is 0 Å². The van der Waals surface area contributed by atoms with Crippen LogP contribution in [0.5, 0.6) is 0 Å². The molecule has 0 saturated carbocycles. The Morgan fingerprint density at radius 2 is 2.32 bits per heavy atom. The van der Waals surface area contributed by atoms with Crippen LogP contribution in [-0.2, 0) is 4.74 Å². The van der Waals surface area contributed by atoms with Gasteiger partial charge in [-0.1, -0.05) is 17.5 Å². The summed E-state index contributed by atoms with van der Waals surface area (Å²) in [5, 5.41) is 19.7. The monoisotopic (exact) mass is 323 g/mol. The Labute approximate surface area is 130 Å². The summed E-state index contributed by atoms with van der Waals surface area (Å²) in [6.45, 7) is 1.22. The molecule has 3 rings (SSSR count). The number of imidazole rings is 1. The van der Waals surface area contributed by atoms with Gasteiger partial charge in [-0.25, -0.2) is 9.97 Å². The second kappa shape index (κ2) is 5.37.